The van der Waals surface area contributed by atoms with E-state index in [0.29, 0.717) is 17.6 Å². The van der Waals surface area contributed by atoms with E-state index < -0.39 is 0 Å². The summed E-state index contributed by atoms with van der Waals surface area (Å²) in [6.45, 7) is 2.21. The van der Waals surface area contributed by atoms with Crippen molar-refractivity contribution < 1.29 is 4.79 Å². The zero-order valence-electron chi connectivity index (χ0n) is 12.1. The fraction of sp³-hybridized carbons (Fsp3) is 0.471. The standard InChI is InChI=1S/C17H24N2O/c1-2-14-7-3-4-9-16(14)19-17(20)11-10-13-6-5-8-15(18)12-13/h5-6,8,10-12,14,16H,2-4,7,9,18H2,1H3,(H,19,20)/b11-10+. The molecule has 108 valence electrons. The first-order valence-electron chi connectivity index (χ1n) is 7.53. The lowest BCUT2D eigenvalue weighted by atomic mass is 9.83. The maximum absolute atomic E-state index is 12.0. The SMILES string of the molecule is CCC1CCCCC1NC(=O)/C=C/c1cccc(N)c1. The van der Waals surface area contributed by atoms with Crippen molar-refractivity contribution in [3.63, 3.8) is 0 Å². The van der Waals surface area contributed by atoms with E-state index in [2.05, 4.69) is 12.2 Å². The van der Waals surface area contributed by atoms with Gasteiger partial charge in [0.25, 0.3) is 0 Å². The van der Waals surface area contributed by atoms with Gasteiger partial charge in [-0.15, -0.1) is 0 Å². The first kappa shape index (κ1) is 14.6. The number of benzene rings is 1. The Hall–Kier alpha value is -1.77. The molecule has 0 aromatic heterocycles. The number of carbonyl (C=O) groups is 1. The highest BCUT2D eigenvalue weighted by molar-refractivity contribution is 5.92. The number of nitrogen functional groups attached to an aromatic ring is 1. The molecule has 0 bridgehead atoms. The van der Waals surface area contributed by atoms with E-state index in [4.69, 9.17) is 5.73 Å². The Labute approximate surface area is 121 Å². The van der Waals surface area contributed by atoms with Gasteiger partial charge in [0.1, 0.15) is 0 Å². The second-order valence-corrected chi connectivity index (χ2v) is 5.57. The highest BCUT2D eigenvalue weighted by Crippen LogP contribution is 2.26. The van der Waals surface area contributed by atoms with E-state index in [1.807, 2.05) is 30.3 Å². The molecule has 1 saturated carbocycles. The van der Waals surface area contributed by atoms with Gasteiger partial charge in [-0.3, -0.25) is 4.79 Å². The first-order chi connectivity index (χ1) is 9.69. The highest BCUT2D eigenvalue weighted by atomic mass is 16.1. The summed E-state index contributed by atoms with van der Waals surface area (Å²) in [6, 6.07) is 7.87. The van der Waals surface area contributed by atoms with Gasteiger partial charge >= 0.3 is 0 Å². The molecule has 1 fully saturated rings. The zero-order valence-corrected chi connectivity index (χ0v) is 12.1. The van der Waals surface area contributed by atoms with Gasteiger partial charge in [0, 0.05) is 17.8 Å². The molecular formula is C17H24N2O. The quantitative estimate of drug-likeness (QED) is 0.652. The number of anilines is 1. The Morgan fingerprint density at radius 3 is 2.95 bits per heavy atom. The molecule has 1 amide bonds. The normalized spacial score (nSPS) is 22.9. The van der Waals surface area contributed by atoms with Crippen LogP contribution in [0.15, 0.2) is 30.3 Å². The van der Waals surface area contributed by atoms with Crippen molar-refractivity contribution in [1.82, 2.24) is 5.32 Å². The van der Waals surface area contributed by atoms with Crippen LogP contribution >= 0.6 is 0 Å². The molecule has 1 aliphatic carbocycles. The number of nitrogens with two attached hydrogens (primary N) is 1. The van der Waals surface area contributed by atoms with Gasteiger partial charge in [0.15, 0.2) is 0 Å². The molecular weight excluding hydrogens is 248 g/mol. The Bertz CT molecular complexity index is 482. The predicted molar refractivity (Wildman–Crippen MR) is 84.1 cm³/mol. The molecule has 3 nitrogen and oxygen atoms in total. The predicted octanol–water partition coefficient (Wildman–Crippen LogP) is 3.37. The summed E-state index contributed by atoms with van der Waals surface area (Å²) in [6.07, 6.45) is 9.43. The maximum atomic E-state index is 12.0. The van der Waals surface area contributed by atoms with E-state index in [0.717, 1.165) is 18.4 Å². The molecule has 0 aliphatic heterocycles. The Morgan fingerprint density at radius 2 is 2.20 bits per heavy atom. The monoisotopic (exact) mass is 272 g/mol. The fourth-order valence-electron chi connectivity index (χ4n) is 2.95. The molecule has 0 heterocycles. The summed E-state index contributed by atoms with van der Waals surface area (Å²) < 4.78 is 0. The van der Waals surface area contributed by atoms with Crippen molar-refractivity contribution in [3.05, 3.63) is 35.9 Å². The number of amides is 1. The molecule has 1 aromatic carbocycles. The molecule has 20 heavy (non-hydrogen) atoms. The van der Waals surface area contributed by atoms with Crippen LogP contribution in [0.4, 0.5) is 5.69 Å². The van der Waals surface area contributed by atoms with Gasteiger partial charge in [0.05, 0.1) is 0 Å². The molecule has 2 atom stereocenters. The number of nitrogens with one attached hydrogen (secondary N) is 1. The van der Waals surface area contributed by atoms with Gasteiger partial charge in [-0.2, -0.15) is 0 Å². The van der Waals surface area contributed by atoms with Crippen LogP contribution in [0.1, 0.15) is 44.6 Å². The van der Waals surface area contributed by atoms with Gasteiger partial charge in [0.2, 0.25) is 5.91 Å². The van der Waals surface area contributed by atoms with E-state index in [-0.39, 0.29) is 5.91 Å². The number of carbonyl (C=O) groups excluding carboxylic acids is 1. The minimum atomic E-state index is -0.00206. The third-order valence-corrected chi connectivity index (χ3v) is 4.10. The summed E-state index contributed by atoms with van der Waals surface area (Å²) in [5, 5.41) is 3.15. The largest absolute Gasteiger partial charge is 0.399 e. The smallest absolute Gasteiger partial charge is 0.244 e. The summed E-state index contributed by atoms with van der Waals surface area (Å²) >= 11 is 0. The van der Waals surface area contributed by atoms with Crippen LogP contribution in [-0.2, 0) is 4.79 Å². The van der Waals surface area contributed by atoms with Crippen molar-refractivity contribution in [1.29, 1.82) is 0 Å². The summed E-state index contributed by atoms with van der Waals surface area (Å²) in [4.78, 5) is 12.0. The lowest BCUT2D eigenvalue weighted by Gasteiger charge is -2.31. The van der Waals surface area contributed by atoms with Crippen molar-refractivity contribution in [2.24, 2.45) is 5.92 Å². The molecule has 0 spiro atoms. The average molecular weight is 272 g/mol. The van der Waals surface area contributed by atoms with Gasteiger partial charge in [-0.25, -0.2) is 0 Å². The average Bonchev–Trinajstić information content (AvgIpc) is 2.46. The van der Waals surface area contributed by atoms with Crippen LogP contribution in [-0.4, -0.2) is 11.9 Å². The first-order valence-corrected chi connectivity index (χ1v) is 7.53. The lowest BCUT2D eigenvalue weighted by Crippen LogP contribution is -2.41. The molecule has 0 radical (unpaired) electrons. The summed E-state index contributed by atoms with van der Waals surface area (Å²) in [5.41, 5.74) is 7.38. The van der Waals surface area contributed by atoms with Crippen LogP contribution in [0.5, 0.6) is 0 Å². The third kappa shape index (κ3) is 4.12. The zero-order chi connectivity index (χ0) is 14.4. The van der Waals surface area contributed by atoms with Crippen LogP contribution in [0.3, 0.4) is 0 Å². The van der Waals surface area contributed by atoms with Crippen LogP contribution in [0, 0.1) is 5.92 Å². The number of hydrogen-bond donors (Lipinski definition) is 2. The maximum Gasteiger partial charge on any atom is 0.244 e. The minimum absolute atomic E-state index is 0.00206. The van der Waals surface area contributed by atoms with E-state index in [1.54, 1.807) is 6.08 Å². The van der Waals surface area contributed by atoms with Crippen molar-refractivity contribution in [3.8, 4) is 0 Å². The highest BCUT2D eigenvalue weighted by Gasteiger charge is 2.24. The molecule has 2 unspecified atom stereocenters. The molecule has 0 saturated heterocycles. The number of hydrogen-bond acceptors (Lipinski definition) is 2. The van der Waals surface area contributed by atoms with Crippen molar-refractivity contribution in [2.45, 2.75) is 45.1 Å². The molecule has 1 aromatic rings. The van der Waals surface area contributed by atoms with Gasteiger partial charge in [-0.1, -0.05) is 38.3 Å². The third-order valence-electron chi connectivity index (χ3n) is 4.10. The lowest BCUT2D eigenvalue weighted by molar-refractivity contribution is -0.117. The van der Waals surface area contributed by atoms with Crippen LogP contribution in [0.25, 0.3) is 6.08 Å². The van der Waals surface area contributed by atoms with Gasteiger partial charge in [-0.05, 0) is 42.5 Å². The van der Waals surface area contributed by atoms with Gasteiger partial charge < -0.3 is 11.1 Å². The van der Waals surface area contributed by atoms with Crippen LogP contribution < -0.4 is 11.1 Å². The van der Waals surface area contributed by atoms with Crippen molar-refractivity contribution >= 4 is 17.7 Å². The second kappa shape index (κ2) is 7.13. The number of rotatable bonds is 4. The Kier molecular flexibility index (Phi) is 5.22. The van der Waals surface area contributed by atoms with Crippen LogP contribution in [0.2, 0.25) is 0 Å². The Morgan fingerprint density at radius 1 is 1.40 bits per heavy atom. The Balaban J connectivity index is 1.91. The molecule has 1 aliphatic rings. The second-order valence-electron chi connectivity index (χ2n) is 5.57. The van der Waals surface area contributed by atoms with E-state index in [9.17, 15) is 4.79 Å². The fourth-order valence-corrected chi connectivity index (χ4v) is 2.95. The molecule has 3 heteroatoms. The summed E-state index contributed by atoms with van der Waals surface area (Å²) in [5.74, 6) is 0.631. The van der Waals surface area contributed by atoms with Crippen molar-refractivity contribution in [2.75, 3.05) is 5.73 Å². The molecule has 3 N–H and O–H groups in total. The minimum Gasteiger partial charge on any atom is -0.399 e. The van der Waals surface area contributed by atoms with E-state index in [1.165, 1.54) is 19.3 Å². The van der Waals surface area contributed by atoms with E-state index >= 15 is 0 Å². The summed E-state index contributed by atoms with van der Waals surface area (Å²) in [7, 11) is 0. The molecule has 2 rings (SSSR count). The topological polar surface area (TPSA) is 55.1 Å².